The van der Waals surface area contributed by atoms with Gasteiger partial charge in [-0.15, -0.1) is 21.5 Å². The minimum absolute atomic E-state index is 0.0503. The van der Waals surface area contributed by atoms with E-state index in [2.05, 4.69) is 32.2 Å². The molecule has 0 aliphatic heterocycles. The van der Waals surface area contributed by atoms with E-state index in [-0.39, 0.29) is 11.2 Å². The molecule has 158 valence electrons. The fourth-order valence-electron chi connectivity index (χ4n) is 3.19. The van der Waals surface area contributed by atoms with E-state index < -0.39 is 0 Å². The highest BCUT2D eigenvalue weighted by molar-refractivity contribution is 8.00. The minimum Gasteiger partial charge on any atom is -0.325 e. The van der Waals surface area contributed by atoms with E-state index in [0.717, 1.165) is 38.2 Å². The molecule has 0 saturated heterocycles. The number of rotatable bonds is 7. The summed E-state index contributed by atoms with van der Waals surface area (Å²) in [4.78, 5) is 14.0. The van der Waals surface area contributed by atoms with Crippen LogP contribution in [0.25, 0.3) is 10.7 Å². The molecule has 1 atom stereocenters. The van der Waals surface area contributed by atoms with E-state index in [1.165, 1.54) is 11.8 Å². The number of hydrogen-bond donors (Lipinski definition) is 1. The largest absolute Gasteiger partial charge is 0.325 e. The highest BCUT2D eigenvalue weighted by Crippen LogP contribution is 2.30. The zero-order chi connectivity index (χ0) is 21.8. The predicted molar refractivity (Wildman–Crippen MR) is 129 cm³/mol. The number of amides is 1. The second kappa shape index (κ2) is 9.49. The van der Waals surface area contributed by atoms with Crippen LogP contribution in [0, 0.1) is 13.8 Å². The summed E-state index contributed by atoms with van der Waals surface area (Å²) in [5, 5.41) is 14.4. The number of thiophene rings is 1. The second-order valence-electron chi connectivity index (χ2n) is 7.42. The minimum atomic E-state index is -0.324. The van der Waals surface area contributed by atoms with Crippen molar-refractivity contribution in [3.05, 3.63) is 82.7 Å². The van der Waals surface area contributed by atoms with E-state index in [1.807, 2.05) is 74.7 Å². The summed E-state index contributed by atoms with van der Waals surface area (Å²) in [7, 11) is 0. The third-order valence-corrected chi connectivity index (χ3v) is 6.89. The van der Waals surface area contributed by atoms with E-state index in [1.54, 1.807) is 11.3 Å². The van der Waals surface area contributed by atoms with Gasteiger partial charge < -0.3 is 5.32 Å². The molecule has 2 heterocycles. The van der Waals surface area contributed by atoms with Gasteiger partial charge in [-0.2, -0.15) is 0 Å². The number of anilines is 1. The Balaban J connectivity index is 1.57. The summed E-state index contributed by atoms with van der Waals surface area (Å²) >= 11 is 3.06. The van der Waals surface area contributed by atoms with Crippen molar-refractivity contribution in [1.82, 2.24) is 14.8 Å². The first-order valence-corrected chi connectivity index (χ1v) is 11.8. The Morgan fingerprint density at radius 2 is 1.90 bits per heavy atom. The summed E-state index contributed by atoms with van der Waals surface area (Å²) < 4.78 is 2.09. The lowest BCUT2D eigenvalue weighted by atomic mass is 10.1. The van der Waals surface area contributed by atoms with Crippen LogP contribution in [0.2, 0.25) is 0 Å². The zero-order valence-electron chi connectivity index (χ0n) is 17.7. The first kappa shape index (κ1) is 21.3. The van der Waals surface area contributed by atoms with E-state index in [9.17, 15) is 4.79 Å². The molecule has 0 fully saturated rings. The lowest BCUT2D eigenvalue weighted by Crippen LogP contribution is -2.23. The Morgan fingerprint density at radius 3 is 2.65 bits per heavy atom. The quantitative estimate of drug-likeness (QED) is 0.364. The lowest BCUT2D eigenvalue weighted by molar-refractivity contribution is -0.115. The van der Waals surface area contributed by atoms with Crippen LogP contribution in [0.15, 0.2) is 71.2 Å². The van der Waals surface area contributed by atoms with Gasteiger partial charge in [0.2, 0.25) is 5.91 Å². The van der Waals surface area contributed by atoms with Crippen molar-refractivity contribution in [2.24, 2.45) is 0 Å². The van der Waals surface area contributed by atoms with Crippen molar-refractivity contribution < 1.29 is 4.79 Å². The van der Waals surface area contributed by atoms with Crippen LogP contribution >= 0.6 is 23.1 Å². The molecule has 0 spiro atoms. The fraction of sp³-hybridized carbons (Fsp3) is 0.208. The number of nitrogens with zero attached hydrogens (tertiary/aromatic N) is 3. The van der Waals surface area contributed by atoms with Gasteiger partial charge in [0, 0.05) is 5.69 Å². The van der Waals surface area contributed by atoms with Crippen LogP contribution in [0.3, 0.4) is 0 Å². The topological polar surface area (TPSA) is 59.8 Å². The predicted octanol–water partition coefficient (Wildman–Crippen LogP) is 5.79. The number of carbonyl (C=O) groups excluding carboxylic acids is 1. The number of hydrogen-bond acceptors (Lipinski definition) is 5. The summed E-state index contributed by atoms with van der Waals surface area (Å²) in [6.45, 7) is 6.56. The molecule has 0 aliphatic carbocycles. The molecule has 0 aliphatic rings. The Labute approximate surface area is 190 Å². The van der Waals surface area contributed by atoms with Gasteiger partial charge in [0.1, 0.15) is 0 Å². The van der Waals surface area contributed by atoms with Crippen molar-refractivity contribution in [3.63, 3.8) is 0 Å². The average Bonchev–Trinajstić information content (AvgIpc) is 3.42. The average molecular weight is 449 g/mol. The smallest absolute Gasteiger partial charge is 0.237 e. The van der Waals surface area contributed by atoms with Crippen LogP contribution in [-0.2, 0) is 11.3 Å². The van der Waals surface area contributed by atoms with Gasteiger partial charge in [0.25, 0.3) is 0 Å². The molecule has 1 N–H and O–H groups in total. The van der Waals surface area contributed by atoms with Crippen molar-refractivity contribution in [1.29, 1.82) is 0 Å². The van der Waals surface area contributed by atoms with Crippen molar-refractivity contribution in [3.8, 4) is 10.7 Å². The number of thioether (sulfide) groups is 1. The highest BCUT2D eigenvalue weighted by Gasteiger charge is 2.22. The van der Waals surface area contributed by atoms with Crippen molar-refractivity contribution in [2.75, 3.05) is 5.32 Å². The molecular weight excluding hydrogens is 424 g/mol. The Kier molecular flexibility index (Phi) is 6.53. The summed E-state index contributed by atoms with van der Waals surface area (Å²) in [5.74, 6) is 0.772. The van der Waals surface area contributed by atoms with Crippen LogP contribution in [0.1, 0.15) is 23.6 Å². The number of aromatic nitrogens is 3. The molecule has 0 radical (unpaired) electrons. The molecule has 31 heavy (non-hydrogen) atoms. The molecule has 4 aromatic rings. The summed E-state index contributed by atoms with van der Waals surface area (Å²) in [6.07, 6.45) is 0. The Morgan fingerprint density at radius 1 is 1.10 bits per heavy atom. The van der Waals surface area contributed by atoms with Gasteiger partial charge >= 0.3 is 0 Å². The fourth-order valence-corrected chi connectivity index (χ4v) is 4.75. The normalized spacial score (nSPS) is 12.0. The lowest BCUT2D eigenvalue weighted by Gasteiger charge is -2.15. The highest BCUT2D eigenvalue weighted by atomic mass is 32.2. The van der Waals surface area contributed by atoms with Crippen LogP contribution in [-0.4, -0.2) is 25.9 Å². The first-order chi connectivity index (χ1) is 15.0. The van der Waals surface area contributed by atoms with Crippen LogP contribution < -0.4 is 5.32 Å². The van der Waals surface area contributed by atoms with Crippen LogP contribution in [0.4, 0.5) is 5.69 Å². The van der Waals surface area contributed by atoms with Gasteiger partial charge in [-0.05, 0) is 55.0 Å². The third-order valence-electron chi connectivity index (χ3n) is 4.94. The number of nitrogens with one attached hydrogen (secondary N) is 1. The SMILES string of the molecule is Cc1ccc(C)c(NC(=O)C(C)Sc2nnc(-c3cccs3)n2Cc2ccccc2)c1. The standard InChI is InChI=1S/C24H24N4OS2/c1-16-11-12-17(2)20(14-16)25-23(29)18(3)31-24-27-26-22(21-10-7-13-30-21)28(24)15-19-8-5-4-6-9-19/h4-14,18H,15H2,1-3H3,(H,25,29). The van der Waals surface area contributed by atoms with Gasteiger partial charge in [-0.1, -0.05) is 60.3 Å². The van der Waals surface area contributed by atoms with Gasteiger partial charge in [0.05, 0.1) is 16.7 Å². The molecule has 0 bridgehead atoms. The summed E-state index contributed by atoms with van der Waals surface area (Å²) in [6, 6.07) is 20.3. The van der Waals surface area contributed by atoms with Gasteiger partial charge in [-0.3, -0.25) is 9.36 Å². The van der Waals surface area contributed by atoms with E-state index in [0.29, 0.717) is 6.54 Å². The third kappa shape index (κ3) is 5.06. The second-order valence-corrected chi connectivity index (χ2v) is 9.68. The molecular formula is C24H24N4OS2. The number of aryl methyl sites for hydroxylation is 2. The molecule has 2 aromatic heterocycles. The van der Waals surface area contributed by atoms with Gasteiger partial charge in [-0.25, -0.2) is 0 Å². The Hall–Kier alpha value is -2.90. The van der Waals surface area contributed by atoms with Crippen molar-refractivity contribution >= 4 is 34.7 Å². The number of carbonyl (C=O) groups is 1. The summed E-state index contributed by atoms with van der Waals surface area (Å²) in [5.41, 5.74) is 4.17. The molecule has 7 heteroatoms. The molecule has 1 unspecified atom stereocenters. The molecule has 5 nitrogen and oxygen atoms in total. The Bertz CT molecular complexity index is 1170. The molecule has 4 rings (SSSR count). The zero-order valence-corrected chi connectivity index (χ0v) is 19.3. The maximum Gasteiger partial charge on any atom is 0.237 e. The first-order valence-electron chi connectivity index (χ1n) is 10.1. The molecule has 2 aromatic carbocycles. The molecule has 1 amide bonds. The van der Waals surface area contributed by atoms with Crippen LogP contribution in [0.5, 0.6) is 0 Å². The van der Waals surface area contributed by atoms with Crippen molar-refractivity contribution in [2.45, 2.75) is 37.7 Å². The van der Waals surface area contributed by atoms with Gasteiger partial charge in [0.15, 0.2) is 11.0 Å². The maximum atomic E-state index is 12.9. The maximum absolute atomic E-state index is 12.9. The number of benzene rings is 2. The molecule has 0 saturated carbocycles. The van der Waals surface area contributed by atoms with E-state index >= 15 is 0 Å². The van der Waals surface area contributed by atoms with E-state index in [4.69, 9.17) is 0 Å². The monoisotopic (exact) mass is 448 g/mol.